The number of H-pyrrole nitrogens is 1. The van der Waals surface area contributed by atoms with Gasteiger partial charge in [-0.15, -0.1) is 0 Å². The van der Waals surface area contributed by atoms with Crippen LogP contribution in [0.2, 0.25) is 0 Å². The van der Waals surface area contributed by atoms with Gasteiger partial charge in [0.15, 0.2) is 5.16 Å². The van der Waals surface area contributed by atoms with Gasteiger partial charge in [0, 0.05) is 11.9 Å². The summed E-state index contributed by atoms with van der Waals surface area (Å²) in [6.07, 6.45) is 3.11. The van der Waals surface area contributed by atoms with E-state index in [9.17, 15) is 0 Å². The molecule has 0 aliphatic carbocycles. The van der Waals surface area contributed by atoms with Crippen LogP contribution < -0.4 is 5.73 Å². The molecule has 0 saturated heterocycles. The van der Waals surface area contributed by atoms with E-state index in [1.54, 1.807) is 18.3 Å². The number of nitrogens with one attached hydrogen (secondary N) is 1. The number of nitrogens with zero attached hydrogens (tertiary/aromatic N) is 3. The summed E-state index contributed by atoms with van der Waals surface area (Å²) >= 11 is 1.39. The van der Waals surface area contributed by atoms with Gasteiger partial charge in [0.2, 0.25) is 0 Å². The third-order valence-electron chi connectivity index (χ3n) is 1.35. The van der Waals surface area contributed by atoms with Crippen LogP contribution >= 0.6 is 11.8 Å². The lowest BCUT2D eigenvalue weighted by atomic mass is 10.4. The molecule has 13 heavy (non-hydrogen) atoms. The van der Waals surface area contributed by atoms with Crippen molar-refractivity contribution in [3.63, 3.8) is 0 Å². The average molecular weight is 193 g/mol. The molecule has 0 unspecified atom stereocenters. The van der Waals surface area contributed by atoms with E-state index in [0.717, 1.165) is 5.03 Å². The Kier molecular flexibility index (Phi) is 2.13. The van der Waals surface area contributed by atoms with Crippen molar-refractivity contribution in [3.05, 3.63) is 24.7 Å². The Hall–Kier alpha value is -1.56. The molecule has 2 rings (SSSR count). The molecule has 0 bridgehead atoms. The second-order valence-corrected chi connectivity index (χ2v) is 3.33. The van der Waals surface area contributed by atoms with Gasteiger partial charge in [-0.25, -0.2) is 9.97 Å². The first-order valence-electron chi connectivity index (χ1n) is 3.59. The number of hydrogen-bond acceptors (Lipinski definition) is 5. The summed E-state index contributed by atoms with van der Waals surface area (Å²) in [4.78, 5) is 8.07. The van der Waals surface area contributed by atoms with E-state index in [4.69, 9.17) is 5.73 Å². The topological polar surface area (TPSA) is 80.5 Å². The molecule has 2 aromatic heterocycles. The zero-order valence-corrected chi connectivity index (χ0v) is 7.45. The Balaban J connectivity index is 2.19. The van der Waals surface area contributed by atoms with Crippen LogP contribution in [0, 0.1) is 0 Å². The summed E-state index contributed by atoms with van der Waals surface area (Å²) in [5.74, 6) is 0. The minimum atomic E-state index is 0.692. The summed E-state index contributed by atoms with van der Waals surface area (Å²) in [6.45, 7) is 0. The third kappa shape index (κ3) is 1.97. The van der Waals surface area contributed by atoms with Gasteiger partial charge < -0.3 is 5.73 Å². The minimum absolute atomic E-state index is 0.692. The summed E-state index contributed by atoms with van der Waals surface area (Å²) < 4.78 is 0. The average Bonchev–Trinajstić information content (AvgIpc) is 2.57. The first-order chi connectivity index (χ1) is 6.34. The number of aromatic nitrogens is 4. The highest BCUT2D eigenvalue weighted by Crippen LogP contribution is 2.22. The Labute approximate surface area is 78.8 Å². The Bertz CT molecular complexity index is 386. The van der Waals surface area contributed by atoms with Crippen molar-refractivity contribution >= 4 is 17.4 Å². The van der Waals surface area contributed by atoms with E-state index >= 15 is 0 Å². The van der Waals surface area contributed by atoms with Gasteiger partial charge in [-0.05, 0) is 23.9 Å². The Morgan fingerprint density at radius 3 is 3.00 bits per heavy atom. The van der Waals surface area contributed by atoms with Gasteiger partial charge in [-0.2, -0.15) is 5.10 Å². The first-order valence-corrected chi connectivity index (χ1v) is 4.41. The normalized spacial score (nSPS) is 10.2. The lowest BCUT2D eigenvalue weighted by Gasteiger charge is -1.96. The van der Waals surface area contributed by atoms with Crippen molar-refractivity contribution < 1.29 is 0 Å². The van der Waals surface area contributed by atoms with E-state index < -0.39 is 0 Å². The highest BCUT2D eigenvalue weighted by Gasteiger charge is 2.00. The predicted octanol–water partition coefficient (Wildman–Crippen LogP) is 0.933. The summed E-state index contributed by atoms with van der Waals surface area (Å²) in [6, 6.07) is 3.53. The van der Waals surface area contributed by atoms with Crippen molar-refractivity contribution in [1.82, 2.24) is 20.2 Å². The molecule has 0 spiro atoms. The van der Waals surface area contributed by atoms with Gasteiger partial charge >= 0.3 is 0 Å². The summed E-state index contributed by atoms with van der Waals surface area (Å²) in [5, 5.41) is 7.96. The Morgan fingerprint density at radius 2 is 2.31 bits per heavy atom. The van der Waals surface area contributed by atoms with Crippen molar-refractivity contribution in [2.24, 2.45) is 0 Å². The molecule has 6 heteroatoms. The number of rotatable bonds is 2. The lowest BCUT2D eigenvalue weighted by Crippen LogP contribution is -1.87. The quantitative estimate of drug-likeness (QED) is 0.741. The molecule has 5 nitrogen and oxygen atoms in total. The molecule has 0 fully saturated rings. The van der Waals surface area contributed by atoms with Crippen molar-refractivity contribution in [2.45, 2.75) is 10.2 Å². The number of nitrogen functional groups attached to an aromatic ring is 1. The second-order valence-electron chi connectivity index (χ2n) is 2.32. The fourth-order valence-corrected chi connectivity index (χ4v) is 1.53. The van der Waals surface area contributed by atoms with Crippen LogP contribution in [0.25, 0.3) is 0 Å². The molecule has 2 heterocycles. The molecule has 0 aliphatic rings. The zero-order chi connectivity index (χ0) is 9.10. The number of nitrogens with two attached hydrogens (primary N) is 1. The number of hydrogen-bond donors (Lipinski definition) is 2. The van der Waals surface area contributed by atoms with Crippen LogP contribution in [-0.4, -0.2) is 20.2 Å². The Morgan fingerprint density at radius 1 is 1.38 bits per heavy atom. The minimum Gasteiger partial charge on any atom is -0.399 e. The van der Waals surface area contributed by atoms with Crippen molar-refractivity contribution in [3.8, 4) is 0 Å². The lowest BCUT2D eigenvalue weighted by molar-refractivity contribution is 0.967. The van der Waals surface area contributed by atoms with E-state index in [1.807, 2.05) is 0 Å². The van der Waals surface area contributed by atoms with Crippen molar-refractivity contribution in [2.75, 3.05) is 5.73 Å². The predicted molar refractivity (Wildman–Crippen MR) is 49.2 cm³/mol. The molecule has 3 N–H and O–H groups in total. The van der Waals surface area contributed by atoms with Crippen LogP contribution in [0.15, 0.2) is 34.8 Å². The maximum Gasteiger partial charge on any atom is 0.189 e. The zero-order valence-electron chi connectivity index (χ0n) is 6.64. The van der Waals surface area contributed by atoms with Crippen molar-refractivity contribution in [1.29, 1.82) is 0 Å². The maximum atomic E-state index is 5.59. The molecule has 0 radical (unpaired) electrons. The number of aromatic amines is 1. The summed E-state index contributed by atoms with van der Waals surface area (Å²) in [5.41, 5.74) is 6.28. The van der Waals surface area contributed by atoms with E-state index in [2.05, 4.69) is 20.2 Å². The molecule has 0 aromatic carbocycles. The van der Waals surface area contributed by atoms with Gasteiger partial charge in [0.05, 0.1) is 0 Å². The molecule has 0 atom stereocenters. The largest absolute Gasteiger partial charge is 0.399 e. The second kappa shape index (κ2) is 3.44. The highest BCUT2D eigenvalue weighted by molar-refractivity contribution is 7.99. The van der Waals surface area contributed by atoms with Gasteiger partial charge in [-0.1, -0.05) is 0 Å². The van der Waals surface area contributed by atoms with Crippen LogP contribution in [-0.2, 0) is 0 Å². The molecule has 0 aliphatic heterocycles. The van der Waals surface area contributed by atoms with Gasteiger partial charge in [-0.3, -0.25) is 5.10 Å². The number of pyridine rings is 1. The molecular weight excluding hydrogens is 186 g/mol. The fraction of sp³-hybridized carbons (Fsp3) is 0. The van der Waals surface area contributed by atoms with Gasteiger partial charge in [0.25, 0.3) is 0 Å². The molecule has 66 valence electrons. The third-order valence-corrected chi connectivity index (χ3v) is 2.18. The first kappa shape index (κ1) is 8.06. The molecule has 2 aromatic rings. The number of anilines is 1. The molecule has 0 amide bonds. The van der Waals surface area contributed by atoms with Crippen LogP contribution in [0.1, 0.15) is 0 Å². The molecular formula is C7H7N5S. The standard InChI is InChI=1S/C7H7N5S/c8-5-1-2-9-6(3-5)13-7-10-4-11-12-7/h1-4H,(H2,8,9)(H,10,11,12). The SMILES string of the molecule is Nc1ccnc(Sc2ncn[nH]2)c1. The maximum absolute atomic E-state index is 5.59. The van der Waals surface area contributed by atoms with Gasteiger partial charge in [0.1, 0.15) is 11.4 Å². The van der Waals surface area contributed by atoms with Crippen LogP contribution in [0.5, 0.6) is 0 Å². The monoisotopic (exact) mass is 193 g/mol. The highest BCUT2D eigenvalue weighted by atomic mass is 32.2. The smallest absolute Gasteiger partial charge is 0.189 e. The fourth-order valence-electron chi connectivity index (χ4n) is 0.823. The van der Waals surface area contributed by atoms with E-state index in [-0.39, 0.29) is 0 Å². The van der Waals surface area contributed by atoms with E-state index in [0.29, 0.717) is 10.8 Å². The van der Waals surface area contributed by atoms with E-state index in [1.165, 1.54) is 18.1 Å². The van der Waals surface area contributed by atoms with Crippen LogP contribution in [0.4, 0.5) is 5.69 Å². The van der Waals surface area contributed by atoms with Crippen LogP contribution in [0.3, 0.4) is 0 Å². The molecule has 0 saturated carbocycles. The summed E-state index contributed by atoms with van der Waals surface area (Å²) in [7, 11) is 0.